The summed E-state index contributed by atoms with van der Waals surface area (Å²) in [6, 6.07) is 9.03. The highest BCUT2D eigenvalue weighted by Crippen LogP contribution is 2.35. The predicted octanol–water partition coefficient (Wildman–Crippen LogP) is 3.00. The van der Waals surface area contributed by atoms with E-state index in [1.165, 1.54) is 13.8 Å². The summed E-state index contributed by atoms with van der Waals surface area (Å²) in [4.78, 5) is 22.3. The summed E-state index contributed by atoms with van der Waals surface area (Å²) >= 11 is 0. The number of hydrogen-bond donors (Lipinski definition) is 0. The Labute approximate surface area is 110 Å². The van der Waals surface area contributed by atoms with Crippen molar-refractivity contribution in [2.45, 2.75) is 20.8 Å². The van der Waals surface area contributed by atoms with Crippen molar-refractivity contribution in [2.24, 2.45) is 0 Å². The fourth-order valence-corrected chi connectivity index (χ4v) is 1.97. The van der Waals surface area contributed by atoms with Crippen LogP contribution >= 0.6 is 0 Å². The van der Waals surface area contributed by atoms with Gasteiger partial charge in [0.15, 0.2) is 0 Å². The molecule has 0 bridgehead atoms. The molecular weight excluding hydrogens is 244 g/mol. The highest BCUT2D eigenvalue weighted by molar-refractivity contribution is 5.97. The average Bonchev–Trinajstić information content (AvgIpc) is 2.26. The van der Waals surface area contributed by atoms with Gasteiger partial charge in [-0.2, -0.15) is 0 Å². The molecule has 0 saturated heterocycles. The summed E-state index contributed by atoms with van der Waals surface area (Å²) in [6.45, 7) is 4.58. The first-order valence-corrected chi connectivity index (χ1v) is 5.87. The number of fused-ring (bicyclic) bond motifs is 1. The molecule has 0 aromatic heterocycles. The SMILES string of the molecule is CC(=O)Oc1cccc2cc(C)cc(OC(C)=O)c12. The Balaban J connectivity index is 2.69. The van der Waals surface area contributed by atoms with Crippen LogP contribution in [-0.4, -0.2) is 11.9 Å². The third-order valence-corrected chi connectivity index (χ3v) is 2.55. The molecule has 2 aromatic carbocycles. The van der Waals surface area contributed by atoms with E-state index < -0.39 is 11.9 Å². The molecule has 0 heterocycles. The van der Waals surface area contributed by atoms with E-state index in [-0.39, 0.29) is 0 Å². The zero-order valence-electron chi connectivity index (χ0n) is 11.0. The van der Waals surface area contributed by atoms with Crippen molar-refractivity contribution in [1.29, 1.82) is 0 Å². The molecule has 0 spiro atoms. The summed E-state index contributed by atoms with van der Waals surface area (Å²) in [6.07, 6.45) is 0. The highest BCUT2D eigenvalue weighted by Gasteiger charge is 2.12. The van der Waals surface area contributed by atoms with Gasteiger partial charge < -0.3 is 9.47 Å². The predicted molar refractivity (Wildman–Crippen MR) is 71.3 cm³/mol. The molecule has 0 aliphatic carbocycles. The van der Waals surface area contributed by atoms with Crippen LogP contribution in [0.25, 0.3) is 10.8 Å². The Kier molecular flexibility index (Phi) is 3.51. The fraction of sp³-hybridized carbons (Fsp3) is 0.200. The second kappa shape index (κ2) is 5.10. The van der Waals surface area contributed by atoms with Crippen LogP contribution in [-0.2, 0) is 9.59 Å². The van der Waals surface area contributed by atoms with Crippen molar-refractivity contribution >= 4 is 22.7 Å². The molecule has 0 saturated carbocycles. The van der Waals surface area contributed by atoms with Crippen LogP contribution in [0, 0.1) is 6.92 Å². The maximum Gasteiger partial charge on any atom is 0.308 e. The summed E-state index contributed by atoms with van der Waals surface area (Å²) in [7, 11) is 0. The summed E-state index contributed by atoms with van der Waals surface area (Å²) in [5, 5.41) is 1.48. The van der Waals surface area contributed by atoms with E-state index in [1.807, 2.05) is 19.1 Å². The second-order valence-corrected chi connectivity index (χ2v) is 4.30. The van der Waals surface area contributed by atoms with Gasteiger partial charge in [-0.25, -0.2) is 0 Å². The lowest BCUT2D eigenvalue weighted by Gasteiger charge is -2.11. The lowest BCUT2D eigenvalue weighted by atomic mass is 10.1. The smallest absolute Gasteiger partial charge is 0.308 e. The Morgan fingerprint density at radius 2 is 1.58 bits per heavy atom. The van der Waals surface area contributed by atoms with Gasteiger partial charge in [-0.3, -0.25) is 9.59 Å². The van der Waals surface area contributed by atoms with Crippen LogP contribution in [0.5, 0.6) is 11.5 Å². The number of carbonyl (C=O) groups excluding carboxylic acids is 2. The van der Waals surface area contributed by atoms with Crippen molar-refractivity contribution in [3.8, 4) is 11.5 Å². The quantitative estimate of drug-likeness (QED) is 0.613. The van der Waals surface area contributed by atoms with E-state index in [9.17, 15) is 9.59 Å². The molecule has 2 rings (SSSR count). The van der Waals surface area contributed by atoms with Crippen molar-refractivity contribution < 1.29 is 19.1 Å². The zero-order valence-corrected chi connectivity index (χ0v) is 11.0. The van der Waals surface area contributed by atoms with Crippen LogP contribution in [0.15, 0.2) is 30.3 Å². The first-order chi connectivity index (χ1) is 8.97. The molecule has 4 heteroatoms. The molecule has 98 valence electrons. The first-order valence-electron chi connectivity index (χ1n) is 5.87. The number of esters is 2. The summed E-state index contributed by atoms with van der Waals surface area (Å²) < 4.78 is 10.4. The van der Waals surface area contributed by atoms with Gasteiger partial charge in [-0.1, -0.05) is 18.2 Å². The second-order valence-electron chi connectivity index (χ2n) is 4.30. The maximum atomic E-state index is 11.2. The van der Waals surface area contributed by atoms with E-state index in [0.717, 1.165) is 10.9 Å². The standard InChI is InChI=1S/C15H14O4/c1-9-7-12-5-4-6-13(18-10(2)16)15(12)14(8-9)19-11(3)17/h4-8H,1-3H3. The summed E-state index contributed by atoms with van der Waals surface area (Å²) in [5.74, 6) is -0.0352. The van der Waals surface area contributed by atoms with E-state index in [4.69, 9.17) is 9.47 Å². The van der Waals surface area contributed by atoms with Gasteiger partial charge >= 0.3 is 11.9 Å². The van der Waals surface area contributed by atoms with Crippen LogP contribution in [0.4, 0.5) is 0 Å². The van der Waals surface area contributed by atoms with Gasteiger partial charge in [0.1, 0.15) is 11.5 Å². The monoisotopic (exact) mass is 258 g/mol. The molecule has 0 N–H and O–H groups in total. The number of aryl methyl sites for hydroxylation is 1. The highest BCUT2D eigenvalue weighted by atomic mass is 16.5. The molecule has 0 aliphatic heterocycles. The topological polar surface area (TPSA) is 52.6 Å². The van der Waals surface area contributed by atoms with E-state index in [0.29, 0.717) is 16.9 Å². The first kappa shape index (κ1) is 13.1. The zero-order chi connectivity index (χ0) is 14.0. The minimum Gasteiger partial charge on any atom is -0.426 e. The Morgan fingerprint density at radius 3 is 2.21 bits per heavy atom. The third-order valence-electron chi connectivity index (χ3n) is 2.55. The van der Waals surface area contributed by atoms with Crippen molar-refractivity contribution in [2.75, 3.05) is 0 Å². The summed E-state index contributed by atoms with van der Waals surface area (Å²) in [5.41, 5.74) is 0.962. The number of rotatable bonds is 2. The van der Waals surface area contributed by atoms with Gasteiger partial charge in [-0.05, 0) is 30.0 Å². The van der Waals surface area contributed by atoms with Gasteiger partial charge in [0.25, 0.3) is 0 Å². The Bertz CT molecular complexity index is 658. The normalized spacial score (nSPS) is 10.3. The number of benzene rings is 2. The van der Waals surface area contributed by atoms with Gasteiger partial charge in [-0.15, -0.1) is 0 Å². The number of ether oxygens (including phenoxy) is 2. The largest absolute Gasteiger partial charge is 0.426 e. The van der Waals surface area contributed by atoms with Crippen LogP contribution in [0.2, 0.25) is 0 Å². The lowest BCUT2D eigenvalue weighted by Crippen LogP contribution is -2.05. The van der Waals surface area contributed by atoms with Crippen molar-refractivity contribution in [3.63, 3.8) is 0 Å². The van der Waals surface area contributed by atoms with Gasteiger partial charge in [0.2, 0.25) is 0 Å². The molecule has 0 radical (unpaired) electrons. The molecule has 0 atom stereocenters. The fourth-order valence-electron chi connectivity index (χ4n) is 1.97. The van der Waals surface area contributed by atoms with E-state index in [2.05, 4.69) is 0 Å². The van der Waals surface area contributed by atoms with Crippen molar-refractivity contribution in [1.82, 2.24) is 0 Å². The molecule has 4 nitrogen and oxygen atoms in total. The van der Waals surface area contributed by atoms with Crippen LogP contribution in [0.1, 0.15) is 19.4 Å². The number of carbonyl (C=O) groups is 2. The molecule has 0 fully saturated rings. The van der Waals surface area contributed by atoms with Gasteiger partial charge in [0.05, 0.1) is 5.39 Å². The van der Waals surface area contributed by atoms with Crippen LogP contribution in [0.3, 0.4) is 0 Å². The minimum absolute atomic E-state index is 0.390. The van der Waals surface area contributed by atoms with Gasteiger partial charge in [0, 0.05) is 13.8 Å². The molecule has 2 aromatic rings. The molecule has 0 amide bonds. The van der Waals surface area contributed by atoms with Crippen molar-refractivity contribution in [3.05, 3.63) is 35.9 Å². The minimum atomic E-state index is -0.415. The van der Waals surface area contributed by atoms with Crippen LogP contribution < -0.4 is 9.47 Å². The van der Waals surface area contributed by atoms with E-state index in [1.54, 1.807) is 18.2 Å². The lowest BCUT2D eigenvalue weighted by molar-refractivity contribution is -0.132. The number of hydrogen-bond acceptors (Lipinski definition) is 4. The molecule has 0 aliphatic rings. The average molecular weight is 258 g/mol. The maximum absolute atomic E-state index is 11.2. The van der Waals surface area contributed by atoms with E-state index >= 15 is 0 Å². The molecule has 0 unspecified atom stereocenters. The Morgan fingerprint density at radius 1 is 0.947 bits per heavy atom. The third kappa shape index (κ3) is 2.91. The molecular formula is C15H14O4. The molecule has 19 heavy (non-hydrogen) atoms. The Hall–Kier alpha value is -2.36.